The topological polar surface area (TPSA) is 74.8 Å². The van der Waals surface area contributed by atoms with Crippen LogP contribution < -0.4 is 0 Å². The van der Waals surface area contributed by atoms with Crippen molar-refractivity contribution >= 4 is 0 Å². The van der Waals surface area contributed by atoms with E-state index in [1.54, 1.807) is 14.1 Å². The molecule has 5 heteroatoms. The van der Waals surface area contributed by atoms with E-state index in [-0.39, 0.29) is 18.6 Å². The van der Waals surface area contributed by atoms with Crippen molar-refractivity contribution in [1.82, 2.24) is 0 Å². The molecule has 0 heterocycles. The normalized spacial score (nSPS) is 10.6. The van der Waals surface area contributed by atoms with Crippen molar-refractivity contribution in [2.75, 3.05) is 14.1 Å². The quantitative estimate of drug-likeness (QED) is 0.254. The Labute approximate surface area is 276 Å². The first kappa shape index (κ1) is 42.7. The molecule has 0 spiro atoms. The van der Waals surface area contributed by atoms with Crippen LogP contribution in [-0.2, 0) is 18.6 Å². The van der Waals surface area contributed by atoms with Crippen LogP contribution in [0, 0.1) is 0 Å². The van der Waals surface area contributed by atoms with E-state index in [0.29, 0.717) is 52.8 Å². The number of benzene rings is 3. The number of para-hydroxylation sites is 3. The van der Waals surface area contributed by atoms with Gasteiger partial charge >= 0.3 is 0 Å². The summed E-state index contributed by atoms with van der Waals surface area (Å²) in [6, 6.07) is 18.0. The molecule has 3 rings (SSSR count). The zero-order chi connectivity index (χ0) is 32.7. The Morgan fingerprint density at radius 2 is 0.488 bits per heavy atom. The predicted octanol–water partition coefficient (Wildman–Crippen LogP) is 11.5. The fourth-order valence-electron chi connectivity index (χ4n) is 4.54. The zero-order valence-electron chi connectivity index (χ0n) is 29.4. The fourth-order valence-corrected chi connectivity index (χ4v) is 4.54. The van der Waals surface area contributed by atoms with Gasteiger partial charge in [-0.2, -0.15) is 14.1 Å². The summed E-state index contributed by atoms with van der Waals surface area (Å²) in [6.07, 6.45) is 0. The summed E-state index contributed by atoms with van der Waals surface area (Å²) in [5.41, 5.74) is 6.28. The van der Waals surface area contributed by atoms with Crippen molar-refractivity contribution in [3.8, 4) is 17.2 Å². The van der Waals surface area contributed by atoms with E-state index < -0.39 is 0 Å². The van der Waals surface area contributed by atoms with Crippen LogP contribution in [0.1, 0.15) is 152 Å². The molecule has 0 atom stereocenters. The molecule has 0 fully saturated rings. The Morgan fingerprint density at radius 1 is 0.372 bits per heavy atom. The molecular formula is C38H60NO3V-. The number of hydrogen-bond donors (Lipinski definition) is 3. The standard InChI is InChI=1S/3C12H18O.C2H6N.V/c3*1-8(2)10-6-5-7-11(9(3)4)12(10)13;1-3-2;/h3*5-9,13H,1-4H3;1-2H3;/q;;;-1;. The summed E-state index contributed by atoms with van der Waals surface area (Å²) >= 11 is 0. The largest absolute Gasteiger partial charge is 0.668 e. The first-order chi connectivity index (χ1) is 19.5. The maximum Gasteiger partial charge on any atom is 0.122 e. The predicted molar refractivity (Wildman–Crippen MR) is 184 cm³/mol. The summed E-state index contributed by atoms with van der Waals surface area (Å²) in [4.78, 5) is 0. The molecule has 0 aliphatic carbocycles. The van der Waals surface area contributed by atoms with Crippen LogP contribution >= 0.6 is 0 Å². The zero-order valence-corrected chi connectivity index (χ0v) is 30.8. The van der Waals surface area contributed by atoms with Crippen molar-refractivity contribution in [1.29, 1.82) is 0 Å². The van der Waals surface area contributed by atoms with E-state index >= 15 is 0 Å². The van der Waals surface area contributed by atoms with Gasteiger partial charge in [0.15, 0.2) is 0 Å². The van der Waals surface area contributed by atoms with Crippen LogP contribution in [0.15, 0.2) is 54.6 Å². The Kier molecular flexibility index (Phi) is 21.2. The maximum atomic E-state index is 9.93. The second-order valence-corrected chi connectivity index (χ2v) is 12.7. The Bertz CT molecular complexity index is 959. The SMILES string of the molecule is CC(C)c1cccc(C(C)C)c1O.CC(C)c1cccc(C(C)C)c1O.CC(C)c1cccc(C(C)C)c1O.C[N-]C.[V]. The minimum atomic E-state index is 0. The maximum absolute atomic E-state index is 9.93. The van der Waals surface area contributed by atoms with E-state index in [1.165, 1.54) is 0 Å². The van der Waals surface area contributed by atoms with Gasteiger partial charge in [0.2, 0.25) is 0 Å². The second kappa shape index (κ2) is 21.3. The molecule has 0 saturated carbocycles. The van der Waals surface area contributed by atoms with E-state index in [2.05, 4.69) is 88.4 Å². The molecule has 4 nitrogen and oxygen atoms in total. The van der Waals surface area contributed by atoms with Gasteiger partial charge in [-0.3, -0.25) is 0 Å². The summed E-state index contributed by atoms with van der Waals surface area (Å²) in [5, 5.41) is 33.3. The summed E-state index contributed by atoms with van der Waals surface area (Å²) in [7, 11) is 3.50. The van der Waals surface area contributed by atoms with Crippen LogP contribution in [0.2, 0.25) is 0 Å². The molecule has 0 unspecified atom stereocenters. The third kappa shape index (κ3) is 13.8. The molecule has 3 N–H and O–H groups in total. The first-order valence-electron chi connectivity index (χ1n) is 15.5. The Morgan fingerprint density at radius 3 is 0.581 bits per heavy atom. The minimum Gasteiger partial charge on any atom is -0.668 e. The van der Waals surface area contributed by atoms with Crippen molar-refractivity contribution < 1.29 is 33.9 Å². The molecule has 0 bridgehead atoms. The number of aromatic hydroxyl groups is 3. The van der Waals surface area contributed by atoms with Gasteiger partial charge in [-0.15, -0.1) is 0 Å². The summed E-state index contributed by atoms with van der Waals surface area (Å²) in [5.74, 6) is 3.76. The average Bonchev–Trinajstić information content (AvgIpc) is 2.89. The molecule has 3 aromatic rings. The molecule has 0 aromatic heterocycles. The van der Waals surface area contributed by atoms with E-state index in [0.717, 1.165) is 33.4 Å². The number of rotatable bonds is 6. The van der Waals surface area contributed by atoms with Crippen LogP contribution in [0.3, 0.4) is 0 Å². The van der Waals surface area contributed by atoms with Crippen molar-refractivity contribution in [3.63, 3.8) is 0 Å². The van der Waals surface area contributed by atoms with Crippen LogP contribution in [0.4, 0.5) is 0 Å². The Hall–Kier alpha value is -2.40. The molecule has 0 aliphatic heterocycles. The van der Waals surface area contributed by atoms with Gasteiger partial charge in [0.25, 0.3) is 0 Å². The van der Waals surface area contributed by atoms with Gasteiger partial charge in [-0.05, 0) is 68.9 Å². The van der Waals surface area contributed by atoms with Gasteiger partial charge < -0.3 is 20.6 Å². The van der Waals surface area contributed by atoms with E-state index in [9.17, 15) is 15.3 Å². The van der Waals surface area contributed by atoms with E-state index in [4.69, 9.17) is 0 Å². The molecule has 0 amide bonds. The van der Waals surface area contributed by atoms with Gasteiger partial charge in [0.05, 0.1) is 0 Å². The molecule has 1 radical (unpaired) electrons. The number of phenols is 3. The number of phenolic OH excluding ortho intramolecular Hbond substituents is 3. The summed E-state index contributed by atoms with van der Waals surface area (Å²) < 4.78 is 0. The molecule has 43 heavy (non-hydrogen) atoms. The molecule has 0 aliphatic rings. The van der Waals surface area contributed by atoms with Crippen molar-refractivity contribution in [2.24, 2.45) is 0 Å². The van der Waals surface area contributed by atoms with Gasteiger partial charge in [0, 0.05) is 18.6 Å². The van der Waals surface area contributed by atoms with Gasteiger partial charge in [-0.25, -0.2) is 0 Å². The third-order valence-corrected chi connectivity index (χ3v) is 7.03. The molecule has 3 aromatic carbocycles. The number of hydrogen-bond acceptors (Lipinski definition) is 3. The smallest absolute Gasteiger partial charge is 0.122 e. The monoisotopic (exact) mass is 629 g/mol. The summed E-state index contributed by atoms with van der Waals surface area (Å²) in [6.45, 7) is 25.2. The van der Waals surface area contributed by atoms with Gasteiger partial charge in [0.1, 0.15) is 17.2 Å². The average molecular weight is 630 g/mol. The van der Waals surface area contributed by atoms with Crippen LogP contribution in [-0.4, -0.2) is 29.4 Å². The Balaban J connectivity index is 0. The molecule has 241 valence electrons. The van der Waals surface area contributed by atoms with Gasteiger partial charge in [-0.1, -0.05) is 138 Å². The van der Waals surface area contributed by atoms with E-state index in [1.807, 2.05) is 54.6 Å². The van der Waals surface area contributed by atoms with Crippen LogP contribution in [0.25, 0.3) is 5.32 Å². The van der Waals surface area contributed by atoms with Crippen LogP contribution in [0.5, 0.6) is 17.2 Å². The van der Waals surface area contributed by atoms with Crippen molar-refractivity contribution in [2.45, 2.75) is 119 Å². The molecular weight excluding hydrogens is 569 g/mol. The second-order valence-electron chi connectivity index (χ2n) is 12.7. The first-order valence-corrected chi connectivity index (χ1v) is 15.5. The minimum absolute atomic E-state index is 0. The number of nitrogens with zero attached hydrogens (tertiary/aromatic N) is 1. The third-order valence-electron chi connectivity index (χ3n) is 7.03. The fraction of sp³-hybridized carbons (Fsp3) is 0.526. The molecule has 0 saturated heterocycles. The van der Waals surface area contributed by atoms with Crippen molar-refractivity contribution in [3.05, 3.63) is 93.3 Å².